The number of nitrogens with zero attached hydrogens (tertiary/aromatic N) is 2. The molecule has 2 saturated heterocycles. The van der Waals surface area contributed by atoms with Gasteiger partial charge in [-0.15, -0.1) is 11.8 Å². The lowest BCUT2D eigenvalue weighted by Crippen LogP contribution is -2.48. The first-order valence-corrected chi connectivity index (χ1v) is 13.6. The van der Waals surface area contributed by atoms with Gasteiger partial charge in [0.15, 0.2) is 0 Å². The smallest absolute Gasteiger partial charge is 0.255 e. The van der Waals surface area contributed by atoms with Crippen LogP contribution in [0.2, 0.25) is 0 Å². The lowest BCUT2D eigenvalue weighted by atomic mass is 9.92. The van der Waals surface area contributed by atoms with E-state index in [0.717, 1.165) is 57.4 Å². The molecule has 0 atom stereocenters. The predicted molar refractivity (Wildman–Crippen MR) is 145 cm³/mol. The van der Waals surface area contributed by atoms with Crippen molar-refractivity contribution in [2.75, 3.05) is 31.9 Å². The maximum atomic E-state index is 13.0. The fourth-order valence-corrected chi connectivity index (χ4v) is 6.10. The zero-order valence-electron chi connectivity index (χ0n) is 21.1. The Morgan fingerprint density at radius 3 is 2.26 bits per heavy atom. The van der Waals surface area contributed by atoms with Gasteiger partial charge >= 0.3 is 0 Å². The number of nitrogens with two attached hydrogens (primary N) is 1. The van der Waals surface area contributed by atoms with E-state index in [1.807, 2.05) is 41.8 Å². The van der Waals surface area contributed by atoms with Crippen LogP contribution in [-0.4, -0.2) is 53.2 Å². The highest BCUT2D eigenvalue weighted by atomic mass is 32.2. The number of hydrogen-bond acceptors (Lipinski definition) is 4. The van der Waals surface area contributed by atoms with Crippen molar-refractivity contribution in [3.05, 3.63) is 64.7 Å². The minimum absolute atomic E-state index is 0.0805. The topological polar surface area (TPSA) is 49.6 Å². The average Bonchev–Trinajstić information content (AvgIpc) is 2.85. The molecule has 34 heavy (non-hydrogen) atoms. The van der Waals surface area contributed by atoms with Crippen molar-refractivity contribution >= 4 is 28.9 Å². The maximum absolute atomic E-state index is 13.0. The van der Waals surface area contributed by atoms with E-state index in [4.69, 9.17) is 5.73 Å². The Labute approximate surface area is 209 Å². The monoisotopic (exact) mass is 477 g/mol. The average molecular weight is 478 g/mol. The fraction of sp³-hybridized carbons (Fsp3) is 0.483. The van der Waals surface area contributed by atoms with Crippen molar-refractivity contribution in [3.63, 3.8) is 0 Å². The molecule has 0 aromatic heterocycles. The first-order chi connectivity index (χ1) is 16.3. The van der Waals surface area contributed by atoms with Crippen molar-refractivity contribution in [1.29, 1.82) is 0 Å². The van der Waals surface area contributed by atoms with Gasteiger partial charge in [0.25, 0.3) is 5.91 Å². The number of aryl methyl sites for hydroxylation is 1. The van der Waals surface area contributed by atoms with E-state index in [0.29, 0.717) is 22.5 Å². The first-order valence-electron chi connectivity index (χ1n) is 12.7. The normalized spacial score (nSPS) is 17.9. The number of para-hydroxylation sites is 1. The van der Waals surface area contributed by atoms with Gasteiger partial charge in [-0.2, -0.15) is 0 Å². The number of thioether (sulfide) groups is 1. The third kappa shape index (κ3) is 5.69. The molecule has 182 valence electrons. The quantitative estimate of drug-likeness (QED) is 0.408. The summed E-state index contributed by atoms with van der Waals surface area (Å²) in [6, 6.07) is 15.4. The molecule has 2 N–H and O–H groups in total. The molecule has 2 aromatic rings. The van der Waals surface area contributed by atoms with Gasteiger partial charge in [0.05, 0.1) is 5.56 Å². The second-order valence-electron chi connectivity index (χ2n) is 10.0. The van der Waals surface area contributed by atoms with Gasteiger partial charge in [-0.25, -0.2) is 0 Å². The van der Waals surface area contributed by atoms with Crippen LogP contribution in [-0.2, 0) is 0 Å². The van der Waals surface area contributed by atoms with E-state index < -0.39 is 0 Å². The molecule has 2 aliphatic heterocycles. The van der Waals surface area contributed by atoms with Crippen LogP contribution in [0, 0.1) is 6.92 Å². The van der Waals surface area contributed by atoms with Crippen LogP contribution in [0.5, 0.6) is 0 Å². The molecule has 0 saturated carbocycles. The summed E-state index contributed by atoms with van der Waals surface area (Å²) in [5, 5.41) is 0.611. The van der Waals surface area contributed by atoms with Crippen LogP contribution in [0.3, 0.4) is 0 Å². The number of amides is 1. The Hall–Kier alpha value is -2.24. The summed E-state index contributed by atoms with van der Waals surface area (Å²) >= 11 is 1.92. The van der Waals surface area contributed by atoms with Crippen LogP contribution in [0.1, 0.15) is 67.9 Å². The highest BCUT2D eigenvalue weighted by molar-refractivity contribution is 7.99. The fourth-order valence-electron chi connectivity index (χ4n) is 5.27. The molecule has 2 fully saturated rings. The molecule has 0 bridgehead atoms. The van der Waals surface area contributed by atoms with Crippen LogP contribution in [0.25, 0.3) is 5.57 Å². The number of piperidine rings is 2. The largest absolute Gasteiger partial charge is 0.398 e. The van der Waals surface area contributed by atoms with E-state index in [9.17, 15) is 4.79 Å². The molecule has 4 rings (SSSR count). The molecule has 5 heteroatoms. The van der Waals surface area contributed by atoms with Crippen molar-refractivity contribution in [3.8, 4) is 0 Å². The Morgan fingerprint density at radius 2 is 1.65 bits per heavy atom. The van der Waals surface area contributed by atoms with Crippen molar-refractivity contribution in [2.24, 2.45) is 0 Å². The number of carbonyl (C=O) groups is 1. The van der Waals surface area contributed by atoms with Gasteiger partial charge in [0.2, 0.25) is 0 Å². The summed E-state index contributed by atoms with van der Waals surface area (Å²) < 4.78 is 0. The summed E-state index contributed by atoms with van der Waals surface area (Å²) in [6.45, 7) is 12.6. The number of allylic oxidation sites excluding steroid dienone is 1. The van der Waals surface area contributed by atoms with Gasteiger partial charge in [-0.1, -0.05) is 43.7 Å². The lowest BCUT2D eigenvalue weighted by molar-refractivity contribution is 0.0609. The maximum Gasteiger partial charge on any atom is 0.255 e. The van der Waals surface area contributed by atoms with E-state index >= 15 is 0 Å². The highest BCUT2D eigenvalue weighted by Gasteiger charge is 2.29. The predicted octanol–water partition coefficient (Wildman–Crippen LogP) is 6.25. The Balaban J connectivity index is 1.30. The number of anilines is 1. The van der Waals surface area contributed by atoms with Crippen LogP contribution in [0.4, 0.5) is 5.69 Å². The van der Waals surface area contributed by atoms with Gasteiger partial charge in [-0.3, -0.25) is 9.69 Å². The lowest BCUT2D eigenvalue weighted by Gasteiger charge is -2.41. The summed E-state index contributed by atoms with van der Waals surface area (Å²) in [5.41, 5.74) is 12.8. The summed E-state index contributed by atoms with van der Waals surface area (Å²) in [4.78, 5) is 19.0. The first kappa shape index (κ1) is 24.9. The Morgan fingerprint density at radius 1 is 1.00 bits per heavy atom. The zero-order valence-corrected chi connectivity index (χ0v) is 22.0. The van der Waals surface area contributed by atoms with Crippen LogP contribution in [0.15, 0.2) is 52.9 Å². The van der Waals surface area contributed by atoms with Crippen molar-refractivity contribution in [1.82, 2.24) is 9.80 Å². The number of benzene rings is 2. The molecule has 0 spiro atoms. The standard InChI is InChI=1S/C29H39N3OS/c1-20(2)34-26-10-8-23(9-11-26)22(4)24-12-16-31(17-13-24)25-14-18-32(19-15-25)29(33)27-7-5-6-21(3)28(27)30/h5-11,20,25H,12-19,30H2,1-4H3. The van der Waals surface area contributed by atoms with E-state index in [2.05, 4.69) is 49.9 Å². The third-order valence-electron chi connectivity index (χ3n) is 7.41. The minimum Gasteiger partial charge on any atom is -0.398 e. The van der Waals surface area contributed by atoms with E-state index in [1.165, 1.54) is 16.0 Å². The molecule has 1 amide bonds. The Kier molecular flexibility index (Phi) is 8.05. The third-order valence-corrected chi connectivity index (χ3v) is 8.43. The van der Waals surface area contributed by atoms with Crippen LogP contribution < -0.4 is 5.73 Å². The Bertz CT molecular complexity index is 1030. The number of carbonyl (C=O) groups excluding carboxylic acids is 1. The number of likely N-dealkylation sites (tertiary alicyclic amines) is 2. The van der Waals surface area contributed by atoms with Gasteiger partial charge < -0.3 is 10.6 Å². The highest BCUT2D eigenvalue weighted by Crippen LogP contribution is 2.31. The molecule has 2 aliphatic rings. The van der Waals surface area contributed by atoms with Gasteiger partial charge in [-0.05, 0) is 74.4 Å². The zero-order chi connectivity index (χ0) is 24.2. The number of nitrogen functional groups attached to an aromatic ring is 1. The number of hydrogen-bond donors (Lipinski definition) is 1. The summed E-state index contributed by atoms with van der Waals surface area (Å²) in [5.74, 6) is 0.0805. The molecule has 0 radical (unpaired) electrons. The second-order valence-corrected chi connectivity index (χ2v) is 11.7. The van der Waals surface area contributed by atoms with Gasteiger partial charge in [0, 0.05) is 48.1 Å². The molecular weight excluding hydrogens is 438 g/mol. The summed E-state index contributed by atoms with van der Waals surface area (Å²) in [6.07, 6.45) is 4.38. The van der Waals surface area contributed by atoms with Crippen molar-refractivity contribution < 1.29 is 4.79 Å². The minimum atomic E-state index is 0.0805. The molecule has 0 unspecified atom stereocenters. The number of rotatable bonds is 5. The summed E-state index contributed by atoms with van der Waals surface area (Å²) in [7, 11) is 0. The SMILES string of the molecule is CC(=C1CCN(C2CCN(C(=O)c3cccc(C)c3N)CC2)CC1)c1ccc(SC(C)C)cc1. The van der Waals surface area contributed by atoms with E-state index in [-0.39, 0.29) is 5.91 Å². The molecule has 4 nitrogen and oxygen atoms in total. The molecule has 0 aliphatic carbocycles. The van der Waals surface area contributed by atoms with Gasteiger partial charge in [0.1, 0.15) is 0 Å². The van der Waals surface area contributed by atoms with E-state index in [1.54, 1.807) is 5.57 Å². The second kappa shape index (κ2) is 11.0. The van der Waals surface area contributed by atoms with Crippen molar-refractivity contribution in [2.45, 2.75) is 69.6 Å². The molecule has 2 aromatic carbocycles. The van der Waals surface area contributed by atoms with Crippen LogP contribution >= 0.6 is 11.8 Å². The molecule has 2 heterocycles. The molecular formula is C29H39N3OS.